The SMILES string of the molecule is Nc1ccc2c(NCc3ncn[nH]3)ncnc2c1. The number of nitrogens with one attached hydrogen (secondary N) is 2. The predicted molar refractivity (Wildman–Crippen MR) is 67.7 cm³/mol. The van der Waals surface area contributed by atoms with Gasteiger partial charge in [0.1, 0.15) is 24.3 Å². The van der Waals surface area contributed by atoms with E-state index in [1.807, 2.05) is 18.2 Å². The van der Waals surface area contributed by atoms with E-state index in [0.717, 1.165) is 22.5 Å². The lowest BCUT2D eigenvalue weighted by Gasteiger charge is -2.06. The van der Waals surface area contributed by atoms with Gasteiger partial charge in [-0.25, -0.2) is 15.0 Å². The van der Waals surface area contributed by atoms with Crippen molar-refractivity contribution in [3.8, 4) is 0 Å². The number of anilines is 2. The van der Waals surface area contributed by atoms with Gasteiger partial charge in [0.2, 0.25) is 0 Å². The maximum atomic E-state index is 5.72. The summed E-state index contributed by atoms with van der Waals surface area (Å²) in [6, 6.07) is 5.54. The predicted octanol–water partition coefficient (Wildman–Crippen LogP) is 0.942. The van der Waals surface area contributed by atoms with E-state index < -0.39 is 0 Å². The highest BCUT2D eigenvalue weighted by Gasteiger charge is 2.04. The second-order valence-corrected chi connectivity index (χ2v) is 3.78. The van der Waals surface area contributed by atoms with Crippen molar-refractivity contribution in [3.05, 3.63) is 36.7 Å². The molecule has 0 saturated carbocycles. The fourth-order valence-electron chi connectivity index (χ4n) is 1.70. The van der Waals surface area contributed by atoms with Crippen LogP contribution in [0.25, 0.3) is 10.9 Å². The molecule has 2 aromatic heterocycles. The molecule has 0 spiro atoms. The van der Waals surface area contributed by atoms with Crippen LogP contribution < -0.4 is 11.1 Å². The summed E-state index contributed by atoms with van der Waals surface area (Å²) in [4.78, 5) is 12.4. The second-order valence-electron chi connectivity index (χ2n) is 3.78. The van der Waals surface area contributed by atoms with Crippen molar-refractivity contribution < 1.29 is 0 Å². The van der Waals surface area contributed by atoms with E-state index in [-0.39, 0.29) is 0 Å². The van der Waals surface area contributed by atoms with Gasteiger partial charge in [0.05, 0.1) is 12.1 Å². The van der Waals surface area contributed by atoms with Crippen molar-refractivity contribution in [2.75, 3.05) is 11.1 Å². The lowest BCUT2D eigenvalue weighted by Crippen LogP contribution is -2.04. The first-order valence-electron chi connectivity index (χ1n) is 5.41. The third kappa shape index (κ3) is 1.93. The van der Waals surface area contributed by atoms with Gasteiger partial charge >= 0.3 is 0 Å². The molecule has 0 amide bonds. The molecule has 0 radical (unpaired) electrons. The minimum atomic E-state index is 0.524. The van der Waals surface area contributed by atoms with Crippen molar-refractivity contribution in [2.24, 2.45) is 0 Å². The topological polar surface area (TPSA) is 105 Å². The molecule has 7 heteroatoms. The molecule has 90 valence electrons. The van der Waals surface area contributed by atoms with E-state index >= 15 is 0 Å². The Kier molecular flexibility index (Phi) is 2.49. The lowest BCUT2D eigenvalue weighted by atomic mass is 10.2. The smallest absolute Gasteiger partial charge is 0.143 e. The molecular formula is C11H11N7. The maximum absolute atomic E-state index is 5.72. The van der Waals surface area contributed by atoms with Crippen molar-refractivity contribution >= 4 is 22.4 Å². The molecule has 4 N–H and O–H groups in total. The number of rotatable bonds is 3. The lowest BCUT2D eigenvalue weighted by molar-refractivity contribution is 0.948. The van der Waals surface area contributed by atoms with E-state index in [9.17, 15) is 0 Å². The van der Waals surface area contributed by atoms with Crippen LogP contribution in [0.4, 0.5) is 11.5 Å². The molecule has 0 fully saturated rings. The summed E-state index contributed by atoms with van der Waals surface area (Å²) >= 11 is 0. The third-order valence-electron chi connectivity index (χ3n) is 2.55. The monoisotopic (exact) mass is 241 g/mol. The summed E-state index contributed by atoms with van der Waals surface area (Å²) in [5.74, 6) is 1.49. The second kappa shape index (κ2) is 4.28. The number of fused-ring (bicyclic) bond motifs is 1. The molecule has 0 saturated heterocycles. The van der Waals surface area contributed by atoms with Crippen LogP contribution in [0.3, 0.4) is 0 Å². The van der Waals surface area contributed by atoms with E-state index in [2.05, 4.69) is 30.5 Å². The minimum Gasteiger partial charge on any atom is -0.399 e. The van der Waals surface area contributed by atoms with Gasteiger partial charge in [-0.1, -0.05) is 0 Å². The van der Waals surface area contributed by atoms with Gasteiger partial charge in [-0.2, -0.15) is 5.10 Å². The molecule has 1 aromatic carbocycles. The number of H-pyrrole nitrogens is 1. The quantitative estimate of drug-likeness (QED) is 0.589. The van der Waals surface area contributed by atoms with Crippen LogP contribution in [-0.2, 0) is 6.54 Å². The zero-order valence-electron chi connectivity index (χ0n) is 9.46. The Hall–Kier alpha value is -2.70. The molecule has 0 bridgehead atoms. The van der Waals surface area contributed by atoms with E-state index in [1.54, 1.807) is 0 Å². The van der Waals surface area contributed by atoms with Crippen LogP contribution in [0, 0.1) is 0 Å². The van der Waals surface area contributed by atoms with Crippen molar-refractivity contribution in [2.45, 2.75) is 6.54 Å². The highest BCUT2D eigenvalue weighted by molar-refractivity contribution is 5.90. The number of nitrogens with zero attached hydrogens (tertiary/aromatic N) is 4. The van der Waals surface area contributed by atoms with Gasteiger partial charge < -0.3 is 11.1 Å². The molecule has 3 aromatic rings. The summed E-state index contributed by atoms with van der Waals surface area (Å²) < 4.78 is 0. The van der Waals surface area contributed by atoms with Gasteiger partial charge in [-0.15, -0.1) is 0 Å². The van der Waals surface area contributed by atoms with Crippen LogP contribution in [0.5, 0.6) is 0 Å². The van der Waals surface area contributed by atoms with Crippen LogP contribution in [-0.4, -0.2) is 25.1 Å². The van der Waals surface area contributed by atoms with Crippen LogP contribution in [0.2, 0.25) is 0 Å². The Morgan fingerprint density at radius 1 is 1.17 bits per heavy atom. The summed E-state index contributed by atoms with van der Waals surface area (Å²) in [5.41, 5.74) is 7.21. The average molecular weight is 241 g/mol. The molecule has 0 aliphatic heterocycles. The Labute approximate surface area is 102 Å². The van der Waals surface area contributed by atoms with Gasteiger partial charge in [-0.3, -0.25) is 5.10 Å². The molecule has 3 rings (SSSR count). The van der Waals surface area contributed by atoms with Crippen LogP contribution in [0.1, 0.15) is 5.82 Å². The molecule has 0 atom stereocenters. The van der Waals surface area contributed by atoms with Gasteiger partial charge in [0.25, 0.3) is 0 Å². The first-order valence-corrected chi connectivity index (χ1v) is 5.41. The zero-order valence-corrected chi connectivity index (χ0v) is 9.46. The fourth-order valence-corrected chi connectivity index (χ4v) is 1.70. The maximum Gasteiger partial charge on any atom is 0.143 e. The van der Waals surface area contributed by atoms with Crippen molar-refractivity contribution in [1.82, 2.24) is 25.1 Å². The molecule has 0 aliphatic carbocycles. The summed E-state index contributed by atoms with van der Waals surface area (Å²) in [5, 5.41) is 10.7. The van der Waals surface area contributed by atoms with Crippen LogP contribution >= 0.6 is 0 Å². The Morgan fingerprint density at radius 3 is 2.94 bits per heavy atom. The summed E-state index contributed by atoms with van der Waals surface area (Å²) in [6.07, 6.45) is 2.97. The molecule has 2 heterocycles. The molecule has 0 unspecified atom stereocenters. The fraction of sp³-hybridized carbons (Fsp3) is 0.0909. The first kappa shape index (κ1) is 10.5. The van der Waals surface area contributed by atoms with Crippen LogP contribution in [0.15, 0.2) is 30.9 Å². The molecule has 18 heavy (non-hydrogen) atoms. The van der Waals surface area contributed by atoms with E-state index in [4.69, 9.17) is 5.73 Å². The average Bonchev–Trinajstić information content (AvgIpc) is 2.89. The Balaban J connectivity index is 1.92. The third-order valence-corrected chi connectivity index (χ3v) is 2.55. The summed E-state index contributed by atoms with van der Waals surface area (Å²) in [6.45, 7) is 0.524. The van der Waals surface area contributed by atoms with Crippen molar-refractivity contribution in [3.63, 3.8) is 0 Å². The first-order chi connectivity index (χ1) is 8.83. The van der Waals surface area contributed by atoms with E-state index in [1.165, 1.54) is 12.7 Å². The minimum absolute atomic E-state index is 0.524. The number of nitrogen functional groups attached to an aromatic ring is 1. The Bertz CT molecular complexity index is 662. The number of hydrogen-bond acceptors (Lipinski definition) is 6. The number of benzene rings is 1. The molecule has 0 aliphatic rings. The van der Waals surface area contributed by atoms with Gasteiger partial charge in [-0.05, 0) is 18.2 Å². The normalized spacial score (nSPS) is 10.7. The van der Waals surface area contributed by atoms with Gasteiger partial charge in [0, 0.05) is 11.1 Å². The summed E-state index contributed by atoms with van der Waals surface area (Å²) in [7, 11) is 0. The number of nitrogens with two attached hydrogens (primary N) is 1. The highest BCUT2D eigenvalue weighted by atomic mass is 15.2. The highest BCUT2D eigenvalue weighted by Crippen LogP contribution is 2.21. The zero-order chi connectivity index (χ0) is 12.4. The number of aromatic nitrogens is 5. The van der Waals surface area contributed by atoms with Crippen molar-refractivity contribution in [1.29, 1.82) is 0 Å². The molecule has 7 nitrogen and oxygen atoms in total. The number of aromatic amines is 1. The van der Waals surface area contributed by atoms with E-state index in [0.29, 0.717) is 12.2 Å². The molecular weight excluding hydrogens is 230 g/mol. The standard InChI is InChI=1S/C11H11N7/c12-7-1-2-8-9(3-7)14-5-16-11(8)13-4-10-15-6-17-18-10/h1-3,5-6H,4,12H2,(H,13,14,16)(H,15,17,18). The van der Waals surface area contributed by atoms with Gasteiger partial charge in [0.15, 0.2) is 0 Å². The number of hydrogen-bond donors (Lipinski definition) is 3. The largest absolute Gasteiger partial charge is 0.399 e. The Morgan fingerprint density at radius 2 is 2.11 bits per heavy atom.